The maximum absolute atomic E-state index is 6.34. The lowest BCUT2D eigenvalue weighted by molar-refractivity contribution is 0.528. The number of benzene rings is 1. The highest BCUT2D eigenvalue weighted by Gasteiger charge is 2.16. The van der Waals surface area contributed by atoms with Crippen molar-refractivity contribution >= 4 is 22.6 Å². The van der Waals surface area contributed by atoms with Crippen molar-refractivity contribution in [2.45, 2.75) is 58.5 Å². The molecule has 0 radical (unpaired) electrons. The molecule has 1 atom stereocenters. The quantitative estimate of drug-likeness (QED) is 0.805. The molecule has 3 nitrogen and oxygen atoms in total. The third-order valence-corrected chi connectivity index (χ3v) is 3.91. The van der Waals surface area contributed by atoms with E-state index in [1.165, 1.54) is 0 Å². The minimum Gasteiger partial charge on any atom is -0.327 e. The fraction of sp³-hybridized carbons (Fsp3) is 0.562. The Morgan fingerprint density at radius 1 is 1.25 bits per heavy atom. The van der Waals surface area contributed by atoms with Gasteiger partial charge in [-0.1, -0.05) is 44.7 Å². The van der Waals surface area contributed by atoms with Crippen LogP contribution in [0.4, 0.5) is 0 Å². The minimum absolute atomic E-state index is 0.0120. The van der Waals surface area contributed by atoms with Crippen molar-refractivity contribution in [3.05, 3.63) is 29.0 Å². The second-order valence-electron chi connectivity index (χ2n) is 5.36. The molecule has 1 heterocycles. The molecule has 0 aliphatic heterocycles. The van der Waals surface area contributed by atoms with Crippen molar-refractivity contribution in [2.24, 2.45) is 5.73 Å². The SMILES string of the molecule is CCCCC(N)c1nc2cc(Cl)ccc2n1CCCC. The van der Waals surface area contributed by atoms with E-state index in [2.05, 4.69) is 24.5 Å². The van der Waals surface area contributed by atoms with E-state index in [1.54, 1.807) is 0 Å². The first kappa shape index (κ1) is 15.3. The molecular weight excluding hydrogens is 270 g/mol. The molecule has 2 rings (SSSR count). The summed E-state index contributed by atoms with van der Waals surface area (Å²) in [5.74, 6) is 1.00. The van der Waals surface area contributed by atoms with Gasteiger partial charge in [0.25, 0.3) is 0 Å². The summed E-state index contributed by atoms with van der Waals surface area (Å²) >= 11 is 6.07. The van der Waals surface area contributed by atoms with Crippen LogP contribution in [0.2, 0.25) is 5.02 Å². The van der Waals surface area contributed by atoms with Gasteiger partial charge in [-0.05, 0) is 31.0 Å². The predicted molar refractivity (Wildman–Crippen MR) is 86.1 cm³/mol. The van der Waals surface area contributed by atoms with E-state index < -0.39 is 0 Å². The number of nitrogens with two attached hydrogens (primary N) is 1. The van der Waals surface area contributed by atoms with Crippen LogP contribution in [0.15, 0.2) is 18.2 Å². The fourth-order valence-corrected chi connectivity index (χ4v) is 2.68. The smallest absolute Gasteiger partial charge is 0.126 e. The highest BCUT2D eigenvalue weighted by Crippen LogP contribution is 2.25. The van der Waals surface area contributed by atoms with E-state index in [0.29, 0.717) is 0 Å². The van der Waals surface area contributed by atoms with E-state index in [1.807, 2.05) is 12.1 Å². The van der Waals surface area contributed by atoms with E-state index in [4.69, 9.17) is 22.3 Å². The number of rotatable bonds is 7. The van der Waals surface area contributed by atoms with Crippen LogP contribution in [0, 0.1) is 0 Å². The van der Waals surface area contributed by atoms with Crippen LogP contribution in [0.3, 0.4) is 0 Å². The van der Waals surface area contributed by atoms with Crippen molar-refractivity contribution in [1.82, 2.24) is 9.55 Å². The van der Waals surface area contributed by atoms with Crippen LogP contribution in [-0.2, 0) is 6.54 Å². The van der Waals surface area contributed by atoms with Crippen LogP contribution in [-0.4, -0.2) is 9.55 Å². The van der Waals surface area contributed by atoms with Crippen LogP contribution >= 0.6 is 11.6 Å². The maximum atomic E-state index is 6.34. The van der Waals surface area contributed by atoms with Gasteiger partial charge in [-0.15, -0.1) is 0 Å². The molecular formula is C16H24ClN3. The van der Waals surface area contributed by atoms with Crippen LogP contribution in [0.5, 0.6) is 0 Å². The van der Waals surface area contributed by atoms with E-state index in [9.17, 15) is 0 Å². The highest BCUT2D eigenvalue weighted by atomic mass is 35.5. The Bertz CT molecular complexity index is 562. The molecule has 0 spiro atoms. The second kappa shape index (κ2) is 7.09. The Balaban J connectivity index is 2.39. The summed E-state index contributed by atoms with van der Waals surface area (Å²) in [5.41, 5.74) is 8.44. The molecule has 0 bridgehead atoms. The van der Waals surface area contributed by atoms with Gasteiger partial charge in [0, 0.05) is 11.6 Å². The number of imidazole rings is 1. The molecule has 1 unspecified atom stereocenters. The number of halogens is 1. The molecule has 1 aromatic carbocycles. The largest absolute Gasteiger partial charge is 0.327 e. The van der Waals surface area contributed by atoms with E-state index in [0.717, 1.165) is 60.5 Å². The predicted octanol–water partition coefficient (Wildman–Crippen LogP) is 4.68. The monoisotopic (exact) mass is 293 g/mol. The summed E-state index contributed by atoms with van der Waals surface area (Å²) in [4.78, 5) is 4.73. The third kappa shape index (κ3) is 3.33. The lowest BCUT2D eigenvalue weighted by Crippen LogP contribution is -2.17. The lowest BCUT2D eigenvalue weighted by atomic mass is 10.1. The molecule has 0 saturated heterocycles. The second-order valence-corrected chi connectivity index (χ2v) is 5.79. The molecule has 4 heteroatoms. The number of nitrogens with zero attached hydrogens (tertiary/aromatic N) is 2. The van der Waals surface area contributed by atoms with Gasteiger partial charge in [-0.3, -0.25) is 0 Å². The Morgan fingerprint density at radius 2 is 2.00 bits per heavy atom. The van der Waals surface area contributed by atoms with Crippen LogP contribution < -0.4 is 5.73 Å². The van der Waals surface area contributed by atoms with Gasteiger partial charge < -0.3 is 10.3 Å². The average Bonchev–Trinajstić information content (AvgIpc) is 2.80. The first-order valence-electron chi connectivity index (χ1n) is 7.58. The zero-order valence-corrected chi connectivity index (χ0v) is 13.2. The first-order valence-corrected chi connectivity index (χ1v) is 7.96. The summed E-state index contributed by atoms with van der Waals surface area (Å²) in [6, 6.07) is 5.92. The Morgan fingerprint density at radius 3 is 2.70 bits per heavy atom. The van der Waals surface area contributed by atoms with Crippen LogP contribution in [0.25, 0.3) is 11.0 Å². The molecule has 0 aliphatic rings. The van der Waals surface area contributed by atoms with Crippen LogP contribution in [0.1, 0.15) is 57.8 Å². The zero-order valence-electron chi connectivity index (χ0n) is 12.4. The summed E-state index contributed by atoms with van der Waals surface area (Å²) in [6.07, 6.45) is 5.59. The van der Waals surface area contributed by atoms with Gasteiger partial charge in [0.2, 0.25) is 0 Å². The van der Waals surface area contributed by atoms with Crippen molar-refractivity contribution in [1.29, 1.82) is 0 Å². The fourth-order valence-electron chi connectivity index (χ4n) is 2.51. The van der Waals surface area contributed by atoms with Gasteiger partial charge in [0.05, 0.1) is 17.1 Å². The summed E-state index contributed by atoms with van der Waals surface area (Å²) in [5, 5.41) is 0.728. The third-order valence-electron chi connectivity index (χ3n) is 3.68. The molecule has 2 N–H and O–H groups in total. The van der Waals surface area contributed by atoms with Gasteiger partial charge in [0.15, 0.2) is 0 Å². The molecule has 0 aliphatic carbocycles. The average molecular weight is 294 g/mol. The van der Waals surface area contributed by atoms with Crippen molar-refractivity contribution in [2.75, 3.05) is 0 Å². The molecule has 0 fully saturated rings. The van der Waals surface area contributed by atoms with Gasteiger partial charge in [-0.2, -0.15) is 0 Å². The lowest BCUT2D eigenvalue weighted by Gasteiger charge is -2.14. The Labute approximate surface area is 126 Å². The molecule has 110 valence electrons. The zero-order chi connectivity index (χ0) is 14.5. The molecule has 0 saturated carbocycles. The summed E-state index contributed by atoms with van der Waals surface area (Å²) in [7, 11) is 0. The van der Waals surface area contributed by atoms with Crippen molar-refractivity contribution in [3.8, 4) is 0 Å². The van der Waals surface area contributed by atoms with Gasteiger partial charge >= 0.3 is 0 Å². The van der Waals surface area contributed by atoms with Crippen molar-refractivity contribution < 1.29 is 0 Å². The Hall–Kier alpha value is -1.06. The number of hydrogen-bond donors (Lipinski definition) is 1. The molecule has 2 aromatic rings. The van der Waals surface area contributed by atoms with E-state index >= 15 is 0 Å². The molecule has 1 aromatic heterocycles. The van der Waals surface area contributed by atoms with E-state index in [-0.39, 0.29) is 6.04 Å². The minimum atomic E-state index is 0.0120. The highest BCUT2D eigenvalue weighted by molar-refractivity contribution is 6.31. The normalized spacial score (nSPS) is 13.0. The first-order chi connectivity index (χ1) is 9.67. The summed E-state index contributed by atoms with van der Waals surface area (Å²) < 4.78 is 2.27. The van der Waals surface area contributed by atoms with Gasteiger partial charge in [0.1, 0.15) is 5.82 Å². The number of unbranched alkanes of at least 4 members (excludes halogenated alkanes) is 2. The number of aromatic nitrogens is 2. The molecule has 0 amide bonds. The number of aryl methyl sites for hydroxylation is 1. The molecule has 20 heavy (non-hydrogen) atoms. The maximum Gasteiger partial charge on any atom is 0.126 e. The number of fused-ring (bicyclic) bond motifs is 1. The van der Waals surface area contributed by atoms with Crippen molar-refractivity contribution in [3.63, 3.8) is 0 Å². The Kier molecular flexibility index (Phi) is 5.44. The van der Waals surface area contributed by atoms with Gasteiger partial charge in [-0.25, -0.2) is 4.98 Å². The topological polar surface area (TPSA) is 43.8 Å². The number of hydrogen-bond acceptors (Lipinski definition) is 2. The standard InChI is InChI=1S/C16H24ClN3/c1-3-5-7-13(18)16-19-14-11-12(17)8-9-15(14)20(16)10-6-4-2/h8-9,11,13H,3-7,10,18H2,1-2H3. The summed E-state index contributed by atoms with van der Waals surface area (Å²) in [6.45, 7) is 5.36.